The van der Waals surface area contributed by atoms with Crippen molar-refractivity contribution in [3.8, 4) is 11.5 Å². The molecular weight excluding hydrogens is 582 g/mol. The minimum absolute atomic E-state index is 0.0801. The van der Waals surface area contributed by atoms with Crippen LogP contribution in [0, 0.1) is 10.1 Å². The topological polar surface area (TPSA) is 113 Å². The van der Waals surface area contributed by atoms with Gasteiger partial charge in [0, 0.05) is 35.9 Å². The second-order valence-electron chi connectivity index (χ2n) is 10.2. The van der Waals surface area contributed by atoms with Crippen LogP contribution in [0.15, 0.2) is 84.1 Å². The average molecular weight is 616 g/mol. The Labute approximate surface area is 259 Å². The number of anilines is 1. The Bertz CT molecular complexity index is 1690. The molecule has 1 aliphatic rings. The molecule has 2 heterocycles. The molecule has 0 bridgehead atoms. The van der Waals surface area contributed by atoms with Crippen molar-refractivity contribution in [1.29, 1.82) is 0 Å². The predicted octanol–water partition coefficient (Wildman–Crippen LogP) is 6.43. The number of nitro benzene ring substituents is 1. The number of nitrogens with zero attached hydrogens (tertiary/aromatic N) is 3. The van der Waals surface area contributed by atoms with E-state index in [1.165, 1.54) is 24.7 Å². The zero-order valence-corrected chi connectivity index (χ0v) is 25.8. The molecule has 3 aromatic carbocycles. The van der Waals surface area contributed by atoms with Crippen LogP contribution in [0.1, 0.15) is 40.8 Å². The van der Waals surface area contributed by atoms with E-state index in [9.17, 15) is 14.9 Å². The number of allylic oxidation sites excluding steroid dienone is 1. The molecule has 1 unspecified atom stereocenters. The SMILES string of the molecule is COC(=O)C1=C(C)N(Cc2ccc(OC)c(OC)c2)c2snc(CCOCc3ccccc3)c2C1c1ccccc1[N+](=O)[O-]. The summed E-state index contributed by atoms with van der Waals surface area (Å²) < 4.78 is 27.0. The maximum absolute atomic E-state index is 13.5. The lowest BCUT2D eigenvalue weighted by molar-refractivity contribution is -0.385. The van der Waals surface area contributed by atoms with Crippen molar-refractivity contribution in [3.63, 3.8) is 0 Å². The van der Waals surface area contributed by atoms with Crippen molar-refractivity contribution in [2.45, 2.75) is 32.4 Å². The number of hydrogen-bond acceptors (Lipinski definition) is 10. The van der Waals surface area contributed by atoms with E-state index < -0.39 is 16.8 Å². The molecule has 0 spiro atoms. The van der Waals surface area contributed by atoms with Crippen molar-refractivity contribution in [1.82, 2.24) is 4.37 Å². The van der Waals surface area contributed by atoms with Gasteiger partial charge in [-0.3, -0.25) is 10.1 Å². The summed E-state index contributed by atoms with van der Waals surface area (Å²) in [5, 5.41) is 13.0. The molecule has 5 rings (SSSR count). The molecule has 11 heteroatoms. The highest BCUT2D eigenvalue weighted by Crippen LogP contribution is 2.51. The van der Waals surface area contributed by atoms with Crippen LogP contribution in [0.4, 0.5) is 10.7 Å². The molecule has 1 aromatic heterocycles. The third kappa shape index (κ3) is 6.15. The van der Waals surface area contributed by atoms with Crippen LogP contribution in [0.25, 0.3) is 0 Å². The normalized spacial score (nSPS) is 14.3. The fourth-order valence-corrected chi connectivity index (χ4v) is 6.53. The first-order chi connectivity index (χ1) is 21.4. The van der Waals surface area contributed by atoms with Gasteiger partial charge in [-0.15, -0.1) is 0 Å². The predicted molar refractivity (Wildman–Crippen MR) is 167 cm³/mol. The molecule has 0 saturated heterocycles. The second kappa shape index (κ2) is 13.7. The van der Waals surface area contributed by atoms with Gasteiger partial charge in [0.05, 0.1) is 56.7 Å². The Hall–Kier alpha value is -4.74. The van der Waals surface area contributed by atoms with E-state index in [-0.39, 0.29) is 5.69 Å². The number of benzene rings is 3. The lowest BCUT2D eigenvalue weighted by Crippen LogP contribution is -2.32. The van der Waals surface area contributed by atoms with Gasteiger partial charge in [-0.25, -0.2) is 4.79 Å². The summed E-state index contributed by atoms with van der Waals surface area (Å²) in [5.74, 6) is -0.143. The Morgan fingerprint density at radius 1 is 0.977 bits per heavy atom. The van der Waals surface area contributed by atoms with Gasteiger partial charge < -0.3 is 23.8 Å². The number of ether oxygens (including phenoxy) is 4. The summed E-state index contributed by atoms with van der Waals surface area (Å²) >= 11 is 1.30. The van der Waals surface area contributed by atoms with Gasteiger partial charge in [-0.2, -0.15) is 4.37 Å². The van der Waals surface area contributed by atoms with Crippen LogP contribution < -0.4 is 14.4 Å². The van der Waals surface area contributed by atoms with Crippen LogP contribution in [0.5, 0.6) is 11.5 Å². The van der Waals surface area contributed by atoms with Crippen LogP contribution in [-0.2, 0) is 33.8 Å². The third-order valence-corrected chi connectivity index (χ3v) is 8.56. The maximum atomic E-state index is 13.5. The molecule has 0 fully saturated rings. The minimum Gasteiger partial charge on any atom is -0.493 e. The number of methoxy groups -OCH3 is 3. The molecule has 0 saturated carbocycles. The minimum atomic E-state index is -0.761. The second-order valence-corrected chi connectivity index (χ2v) is 10.9. The van der Waals surface area contributed by atoms with Gasteiger partial charge in [-0.1, -0.05) is 54.6 Å². The molecule has 10 nitrogen and oxygen atoms in total. The van der Waals surface area contributed by atoms with Gasteiger partial charge in [0.25, 0.3) is 5.69 Å². The maximum Gasteiger partial charge on any atom is 0.336 e. The lowest BCUT2D eigenvalue weighted by Gasteiger charge is -2.35. The van der Waals surface area contributed by atoms with E-state index in [2.05, 4.69) is 0 Å². The molecule has 1 aliphatic heterocycles. The summed E-state index contributed by atoms with van der Waals surface area (Å²) in [4.78, 5) is 27.3. The van der Waals surface area contributed by atoms with Gasteiger partial charge in [0.1, 0.15) is 5.00 Å². The smallest absolute Gasteiger partial charge is 0.336 e. The number of rotatable bonds is 12. The van der Waals surface area contributed by atoms with Crippen LogP contribution in [0.3, 0.4) is 0 Å². The Kier molecular flexibility index (Phi) is 9.56. The zero-order valence-electron chi connectivity index (χ0n) is 24.9. The van der Waals surface area contributed by atoms with Crippen LogP contribution >= 0.6 is 11.5 Å². The number of carbonyl (C=O) groups is 1. The number of fused-ring (bicyclic) bond motifs is 1. The number of carbonyl (C=O) groups excluding carboxylic acids is 1. The van der Waals surface area contributed by atoms with Crippen LogP contribution in [-0.4, -0.2) is 43.2 Å². The highest BCUT2D eigenvalue weighted by atomic mass is 32.1. The van der Waals surface area contributed by atoms with E-state index in [0.717, 1.165) is 21.7 Å². The summed E-state index contributed by atoms with van der Waals surface area (Å²) in [6, 6.07) is 22.0. The van der Waals surface area contributed by atoms with Crippen molar-refractivity contribution in [3.05, 3.63) is 122 Å². The molecule has 228 valence electrons. The highest BCUT2D eigenvalue weighted by Gasteiger charge is 2.42. The van der Waals surface area contributed by atoms with Crippen LogP contribution in [0.2, 0.25) is 0 Å². The van der Waals surface area contributed by atoms with E-state index >= 15 is 0 Å². The monoisotopic (exact) mass is 615 g/mol. The van der Waals surface area contributed by atoms with Gasteiger partial charge in [-0.05, 0) is 41.7 Å². The third-order valence-electron chi connectivity index (χ3n) is 7.63. The Morgan fingerprint density at radius 2 is 1.70 bits per heavy atom. The van der Waals surface area contributed by atoms with E-state index in [1.54, 1.807) is 32.4 Å². The molecular formula is C33H33N3O7S. The molecule has 0 radical (unpaired) electrons. The summed E-state index contributed by atoms with van der Waals surface area (Å²) in [5.41, 5.74) is 4.67. The van der Waals surface area contributed by atoms with E-state index in [1.807, 2.05) is 60.4 Å². The van der Waals surface area contributed by atoms with Crippen molar-refractivity contribution in [2.24, 2.45) is 0 Å². The quantitative estimate of drug-likeness (QED) is 0.0770. The summed E-state index contributed by atoms with van der Waals surface area (Å²) in [6.07, 6.45) is 0.452. The zero-order chi connectivity index (χ0) is 31.2. The lowest BCUT2D eigenvalue weighted by atomic mass is 9.80. The van der Waals surface area contributed by atoms with Gasteiger partial charge in [0.15, 0.2) is 11.5 Å². The van der Waals surface area contributed by atoms with Crippen molar-refractivity contribution < 1.29 is 28.7 Å². The number of esters is 1. The fourth-order valence-electron chi connectivity index (χ4n) is 5.51. The van der Waals surface area contributed by atoms with Crippen molar-refractivity contribution >= 4 is 28.2 Å². The van der Waals surface area contributed by atoms with E-state index in [4.69, 9.17) is 23.3 Å². The first-order valence-electron chi connectivity index (χ1n) is 14.0. The molecule has 0 aliphatic carbocycles. The van der Waals surface area contributed by atoms with Crippen molar-refractivity contribution in [2.75, 3.05) is 32.8 Å². The Morgan fingerprint density at radius 3 is 2.41 bits per heavy atom. The van der Waals surface area contributed by atoms with Gasteiger partial charge >= 0.3 is 5.97 Å². The number of hydrogen-bond donors (Lipinski definition) is 0. The number of aromatic nitrogens is 1. The van der Waals surface area contributed by atoms with E-state index in [0.29, 0.717) is 60.2 Å². The summed E-state index contributed by atoms with van der Waals surface area (Å²) in [6.45, 7) is 3.04. The molecule has 0 amide bonds. The number of para-hydroxylation sites is 1. The average Bonchev–Trinajstić information content (AvgIpc) is 3.47. The number of nitro groups is 1. The first kappa shape index (κ1) is 30.7. The molecule has 1 atom stereocenters. The first-order valence-corrected chi connectivity index (χ1v) is 14.8. The standard InChI is InChI=1S/C33H33N3O7S/c1-21-29(33(37)42-4)30(24-12-8-9-13-26(24)36(38)39)31-25(16-17-43-20-22-10-6-5-7-11-22)34-44-32(31)35(21)19-23-14-15-27(40-2)28(18-23)41-3/h5-15,18,30H,16-17,19-20H2,1-4H3. The largest absolute Gasteiger partial charge is 0.493 e. The molecule has 44 heavy (non-hydrogen) atoms. The fraction of sp³-hybridized carbons (Fsp3) is 0.273. The Balaban J connectivity index is 1.60. The molecule has 0 N–H and O–H groups in total. The highest BCUT2D eigenvalue weighted by molar-refractivity contribution is 7.10. The molecule has 4 aromatic rings. The summed E-state index contributed by atoms with van der Waals surface area (Å²) in [7, 11) is 4.47. The van der Waals surface area contributed by atoms with Gasteiger partial charge in [0.2, 0.25) is 0 Å².